The van der Waals surface area contributed by atoms with Crippen LogP contribution in [0.15, 0.2) is 0 Å². The minimum Gasteiger partial charge on any atom is -0.481 e. The average molecular weight is 225 g/mol. The summed E-state index contributed by atoms with van der Waals surface area (Å²) >= 11 is 0. The Labute approximate surface area is 97.8 Å². The molecule has 1 heterocycles. The van der Waals surface area contributed by atoms with Crippen molar-refractivity contribution >= 4 is 5.97 Å². The van der Waals surface area contributed by atoms with Gasteiger partial charge in [-0.1, -0.05) is 0 Å². The largest absolute Gasteiger partial charge is 0.481 e. The zero-order valence-corrected chi connectivity index (χ0v) is 10.0. The summed E-state index contributed by atoms with van der Waals surface area (Å²) in [5, 5.41) is 8.58. The predicted molar refractivity (Wildman–Crippen MR) is 63.4 cm³/mol. The molecule has 0 unspecified atom stereocenters. The number of aliphatic carboxylic acids is 1. The van der Waals surface area contributed by atoms with Crippen LogP contribution >= 0.6 is 0 Å². The second-order valence-electron chi connectivity index (χ2n) is 5.47. The molecule has 1 saturated heterocycles. The first kappa shape index (κ1) is 11.9. The zero-order valence-electron chi connectivity index (χ0n) is 10.0. The van der Waals surface area contributed by atoms with Crippen molar-refractivity contribution in [3.63, 3.8) is 0 Å². The summed E-state index contributed by atoms with van der Waals surface area (Å²) in [6, 6.07) is 0. The van der Waals surface area contributed by atoms with Crippen molar-refractivity contribution in [2.24, 2.45) is 11.8 Å². The van der Waals surface area contributed by atoms with E-state index in [0.717, 1.165) is 24.7 Å². The minimum atomic E-state index is -0.647. The fraction of sp³-hybridized carbons (Fsp3) is 0.923. The minimum absolute atomic E-state index is 0.349. The van der Waals surface area contributed by atoms with Crippen molar-refractivity contribution in [2.75, 3.05) is 19.6 Å². The monoisotopic (exact) mass is 225 g/mol. The van der Waals surface area contributed by atoms with E-state index in [-0.39, 0.29) is 0 Å². The molecule has 0 atom stereocenters. The summed E-state index contributed by atoms with van der Waals surface area (Å²) in [6.45, 7) is 3.81. The summed E-state index contributed by atoms with van der Waals surface area (Å²) in [5.41, 5.74) is 0. The van der Waals surface area contributed by atoms with E-state index >= 15 is 0 Å². The van der Waals surface area contributed by atoms with Crippen LogP contribution in [0.2, 0.25) is 0 Å². The molecular weight excluding hydrogens is 202 g/mol. The molecule has 0 radical (unpaired) electrons. The molecular formula is C13H23NO2. The molecule has 0 amide bonds. The molecule has 2 aliphatic rings. The third kappa shape index (κ3) is 4.12. The Morgan fingerprint density at radius 1 is 1.12 bits per heavy atom. The first-order valence-electron chi connectivity index (χ1n) is 6.68. The van der Waals surface area contributed by atoms with Crippen molar-refractivity contribution in [1.82, 2.24) is 4.90 Å². The molecule has 3 heteroatoms. The number of nitrogens with zero attached hydrogens (tertiary/aromatic N) is 1. The fourth-order valence-electron chi connectivity index (χ4n) is 2.67. The van der Waals surface area contributed by atoms with Crippen LogP contribution in [0.25, 0.3) is 0 Å². The lowest BCUT2D eigenvalue weighted by Gasteiger charge is -2.31. The van der Waals surface area contributed by atoms with Crippen LogP contribution in [0.1, 0.15) is 44.9 Å². The van der Waals surface area contributed by atoms with E-state index in [1.807, 2.05) is 0 Å². The quantitative estimate of drug-likeness (QED) is 0.754. The second kappa shape index (κ2) is 5.67. The van der Waals surface area contributed by atoms with Gasteiger partial charge in [0.15, 0.2) is 0 Å². The number of hydrogen-bond donors (Lipinski definition) is 1. The molecule has 2 fully saturated rings. The van der Waals surface area contributed by atoms with Gasteiger partial charge in [-0.25, -0.2) is 0 Å². The predicted octanol–water partition coefficient (Wildman–Crippen LogP) is 2.36. The lowest BCUT2D eigenvalue weighted by Crippen LogP contribution is -2.35. The topological polar surface area (TPSA) is 40.5 Å². The highest BCUT2D eigenvalue weighted by atomic mass is 16.4. The molecule has 0 aromatic heterocycles. The van der Waals surface area contributed by atoms with Crippen LogP contribution in [0.4, 0.5) is 0 Å². The van der Waals surface area contributed by atoms with Gasteiger partial charge in [0.2, 0.25) is 0 Å². The molecule has 1 aliphatic heterocycles. The van der Waals surface area contributed by atoms with E-state index in [1.54, 1.807) is 0 Å². The Morgan fingerprint density at radius 3 is 2.38 bits per heavy atom. The fourth-order valence-corrected chi connectivity index (χ4v) is 2.67. The number of hydrogen-bond acceptors (Lipinski definition) is 2. The van der Waals surface area contributed by atoms with Crippen LogP contribution in [0.5, 0.6) is 0 Å². The summed E-state index contributed by atoms with van der Waals surface area (Å²) in [4.78, 5) is 13.0. The Kier molecular flexibility index (Phi) is 4.22. The highest BCUT2D eigenvalue weighted by Gasteiger charge is 2.26. The maximum Gasteiger partial charge on any atom is 0.303 e. The zero-order chi connectivity index (χ0) is 11.4. The van der Waals surface area contributed by atoms with Gasteiger partial charge in [0.1, 0.15) is 0 Å². The van der Waals surface area contributed by atoms with Gasteiger partial charge in [-0.15, -0.1) is 0 Å². The van der Waals surface area contributed by atoms with E-state index in [2.05, 4.69) is 4.90 Å². The molecule has 3 nitrogen and oxygen atoms in total. The summed E-state index contributed by atoms with van der Waals surface area (Å²) in [5.74, 6) is 1.14. The first-order valence-corrected chi connectivity index (χ1v) is 6.68. The van der Waals surface area contributed by atoms with Gasteiger partial charge in [-0.05, 0) is 63.5 Å². The molecule has 16 heavy (non-hydrogen) atoms. The van der Waals surface area contributed by atoms with E-state index in [1.165, 1.54) is 45.3 Å². The number of rotatable bonds is 6. The smallest absolute Gasteiger partial charge is 0.303 e. The lowest BCUT2D eigenvalue weighted by molar-refractivity contribution is -0.137. The average Bonchev–Trinajstić information content (AvgIpc) is 3.04. The molecule has 1 saturated carbocycles. The van der Waals surface area contributed by atoms with Crippen molar-refractivity contribution in [2.45, 2.75) is 44.9 Å². The van der Waals surface area contributed by atoms with Gasteiger partial charge in [-0.2, -0.15) is 0 Å². The first-order chi connectivity index (χ1) is 7.74. The van der Waals surface area contributed by atoms with E-state index in [4.69, 9.17) is 5.11 Å². The third-order valence-electron chi connectivity index (χ3n) is 3.92. The lowest BCUT2D eigenvalue weighted by atomic mass is 9.91. The Balaban J connectivity index is 1.55. The van der Waals surface area contributed by atoms with Gasteiger partial charge < -0.3 is 10.0 Å². The van der Waals surface area contributed by atoms with Gasteiger partial charge in [0.25, 0.3) is 0 Å². The van der Waals surface area contributed by atoms with E-state index in [0.29, 0.717) is 6.42 Å². The van der Waals surface area contributed by atoms with E-state index in [9.17, 15) is 4.79 Å². The number of likely N-dealkylation sites (tertiary alicyclic amines) is 1. The second-order valence-corrected chi connectivity index (χ2v) is 5.47. The normalized spacial score (nSPS) is 23.5. The number of carboxylic acid groups (broad SMARTS) is 1. The molecule has 0 bridgehead atoms. The molecule has 0 aromatic rings. The molecule has 1 N–H and O–H groups in total. The molecule has 0 spiro atoms. The maximum atomic E-state index is 10.4. The van der Waals surface area contributed by atoms with Gasteiger partial charge in [0.05, 0.1) is 0 Å². The Morgan fingerprint density at radius 2 is 1.81 bits per heavy atom. The number of carboxylic acids is 1. The highest BCUT2D eigenvalue weighted by Crippen LogP contribution is 2.31. The van der Waals surface area contributed by atoms with Gasteiger partial charge in [-0.3, -0.25) is 4.79 Å². The van der Waals surface area contributed by atoms with Crippen LogP contribution in [-0.2, 0) is 4.79 Å². The Bertz CT molecular complexity index is 230. The maximum absolute atomic E-state index is 10.4. The third-order valence-corrected chi connectivity index (χ3v) is 3.92. The summed E-state index contributed by atoms with van der Waals surface area (Å²) < 4.78 is 0. The summed E-state index contributed by atoms with van der Waals surface area (Å²) in [7, 11) is 0. The highest BCUT2D eigenvalue weighted by molar-refractivity contribution is 5.66. The number of carbonyl (C=O) groups is 1. The van der Waals surface area contributed by atoms with Crippen LogP contribution in [0.3, 0.4) is 0 Å². The van der Waals surface area contributed by atoms with Crippen LogP contribution in [-0.4, -0.2) is 35.6 Å². The van der Waals surface area contributed by atoms with Crippen LogP contribution in [0, 0.1) is 11.8 Å². The molecule has 92 valence electrons. The molecule has 1 aliphatic carbocycles. The van der Waals surface area contributed by atoms with Crippen LogP contribution < -0.4 is 0 Å². The van der Waals surface area contributed by atoms with Gasteiger partial charge in [0, 0.05) is 13.0 Å². The van der Waals surface area contributed by atoms with Crippen molar-refractivity contribution in [3.05, 3.63) is 0 Å². The number of piperidine rings is 1. The Hall–Kier alpha value is -0.570. The molecule has 2 rings (SSSR count). The standard InChI is InChI=1S/C13H23NO2/c15-13(16)3-1-2-11-6-8-14(9-7-11)10-12-4-5-12/h11-12H,1-10H2,(H,15,16). The SMILES string of the molecule is O=C(O)CCCC1CCN(CC2CC2)CC1. The van der Waals surface area contributed by atoms with Crippen molar-refractivity contribution in [1.29, 1.82) is 0 Å². The summed E-state index contributed by atoms with van der Waals surface area (Å²) in [6.07, 6.45) is 7.78. The van der Waals surface area contributed by atoms with Crippen molar-refractivity contribution in [3.8, 4) is 0 Å². The molecule has 0 aromatic carbocycles. The van der Waals surface area contributed by atoms with Crippen molar-refractivity contribution < 1.29 is 9.90 Å². The van der Waals surface area contributed by atoms with Gasteiger partial charge >= 0.3 is 5.97 Å². The van der Waals surface area contributed by atoms with E-state index < -0.39 is 5.97 Å².